The highest BCUT2D eigenvalue weighted by atomic mass is 14.0. The maximum atomic E-state index is 3.23. The number of hydrogen-bond acceptors (Lipinski definition) is 0. The van der Waals surface area contributed by atoms with Gasteiger partial charge in [-0.3, -0.25) is 0 Å². The summed E-state index contributed by atoms with van der Waals surface area (Å²) in [6.45, 7) is 4.24. The van der Waals surface area contributed by atoms with Crippen molar-refractivity contribution in [2.45, 2.75) is 13.8 Å². The van der Waals surface area contributed by atoms with Gasteiger partial charge in [-0.1, -0.05) is 58.2 Å². The van der Waals surface area contributed by atoms with Crippen LogP contribution in [0.1, 0.15) is 22.3 Å². The molecule has 0 nitrogen and oxygen atoms in total. The Kier molecular flexibility index (Phi) is 3.63. The van der Waals surface area contributed by atoms with Gasteiger partial charge in [0.1, 0.15) is 15.7 Å². The van der Waals surface area contributed by atoms with Crippen molar-refractivity contribution in [3.05, 3.63) is 58.7 Å². The zero-order valence-electron chi connectivity index (χ0n) is 11.5. The Labute approximate surface area is 111 Å². The van der Waals surface area contributed by atoms with E-state index in [2.05, 4.69) is 77.8 Å². The van der Waals surface area contributed by atoms with E-state index in [0.717, 1.165) is 11.1 Å². The van der Waals surface area contributed by atoms with Gasteiger partial charge < -0.3 is 0 Å². The SMILES string of the molecule is Bc1cc(C#Cc2ccc(C)c(B)c2)ccc1C. The van der Waals surface area contributed by atoms with E-state index < -0.39 is 0 Å². The van der Waals surface area contributed by atoms with Crippen LogP contribution in [0.4, 0.5) is 0 Å². The van der Waals surface area contributed by atoms with Crippen LogP contribution in [-0.2, 0) is 0 Å². The minimum Gasteiger partial charge on any atom is -0.0849 e. The average molecular weight is 230 g/mol. The molecule has 0 aliphatic heterocycles. The molecule has 0 atom stereocenters. The molecule has 0 aliphatic carbocycles. The maximum absolute atomic E-state index is 3.23. The van der Waals surface area contributed by atoms with E-state index in [1.54, 1.807) is 0 Å². The van der Waals surface area contributed by atoms with E-state index in [1.165, 1.54) is 22.1 Å². The Bertz CT molecular complexity index is 590. The lowest BCUT2D eigenvalue weighted by Gasteiger charge is -2.00. The number of rotatable bonds is 0. The zero-order chi connectivity index (χ0) is 13.1. The molecule has 0 heterocycles. The van der Waals surface area contributed by atoms with Crippen LogP contribution in [-0.4, -0.2) is 15.7 Å². The molecule has 0 unspecified atom stereocenters. The Balaban J connectivity index is 2.30. The van der Waals surface area contributed by atoms with Crippen LogP contribution in [0, 0.1) is 25.7 Å². The minimum absolute atomic E-state index is 1.08. The summed E-state index contributed by atoms with van der Waals surface area (Å²) >= 11 is 0. The third-order valence-electron chi connectivity index (χ3n) is 3.36. The lowest BCUT2D eigenvalue weighted by molar-refractivity contribution is 1.49. The first-order chi connectivity index (χ1) is 8.56. The molecule has 0 fully saturated rings. The third kappa shape index (κ3) is 2.87. The molecule has 0 amide bonds. The van der Waals surface area contributed by atoms with Crippen LogP contribution in [0.15, 0.2) is 36.4 Å². The summed E-state index contributed by atoms with van der Waals surface area (Å²) in [6.07, 6.45) is 0. The first-order valence-electron chi connectivity index (χ1n) is 6.23. The van der Waals surface area contributed by atoms with Crippen molar-refractivity contribution in [3.8, 4) is 11.8 Å². The molecule has 18 heavy (non-hydrogen) atoms. The summed E-state index contributed by atoms with van der Waals surface area (Å²) in [4.78, 5) is 0. The lowest BCUT2D eigenvalue weighted by Crippen LogP contribution is -2.07. The molecule has 0 aliphatic rings. The van der Waals surface area contributed by atoms with Gasteiger partial charge in [-0.25, -0.2) is 0 Å². The highest BCUT2D eigenvalue weighted by Gasteiger charge is 1.94. The molecule has 0 radical (unpaired) electrons. The van der Waals surface area contributed by atoms with E-state index in [-0.39, 0.29) is 0 Å². The summed E-state index contributed by atoms with van der Waals surface area (Å²) in [6, 6.07) is 12.7. The van der Waals surface area contributed by atoms with Crippen LogP contribution in [0.2, 0.25) is 0 Å². The van der Waals surface area contributed by atoms with Gasteiger partial charge in [-0.2, -0.15) is 0 Å². The van der Waals surface area contributed by atoms with Crippen molar-refractivity contribution in [2.24, 2.45) is 0 Å². The quantitative estimate of drug-likeness (QED) is 0.448. The van der Waals surface area contributed by atoms with Gasteiger partial charge in [0.15, 0.2) is 0 Å². The van der Waals surface area contributed by atoms with Gasteiger partial charge in [0.05, 0.1) is 0 Å². The molecule has 2 aromatic rings. The van der Waals surface area contributed by atoms with Crippen LogP contribution < -0.4 is 10.9 Å². The second-order valence-electron chi connectivity index (χ2n) is 4.85. The van der Waals surface area contributed by atoms with Crippen molar-refractivity contribution in [3.63, 3.8) is 0 Å². The van der Waals surface area contributed by atoms with Crippen LogP contribution in [0.3, 0.4) is 0 Å². The largest absolute Gasteiger partial charge is 0.139 e. The van der Waals surface area contributed by atoms with E-state index in [0.29, 0.717) is 0 Å². The van der Waals surface area contributed by atoms with E-state index in [4.69, 9.17) is 0 Å². The maximum Gasteiger partial charge on any atom is 0.139 e. The molecule has 2 heteroatoms. The Morgan fingerprint density at radius 3 is 1.44 bits per heavy atom. The Morgan fingerprint density at radius 2 is 1.11 bits per heavy atom. The van der Waals surface area contributed by atoms with E-state index in [9.17, 15) is 0 Å². The second-order valence-corrected chi connectivity index (χ2v) is 4.85. The number of benzene rings is 2. The molecular formula is C16H16B2. The summed E-state index contributed by atoms with van der Waals surface area (Å²) in [5, 5.41) is 0. The molecule has 0 saturated carbocycles. The Hall–Kier alpha value is -1.87. The summed E-state index contributed by atoms with van der Waals surface area (Å²) < 4.78 is 0. The molecule has 0 N–H and O–H groups in total. The van der Waals surface area contributed by atoms with Gasteiger partial charge in [0.2, 0.25) is 0 Å². The van der Waals surface area contributed by atoms with Crippen molar-refractivity contribution >= 4 is 26.6 Å². The highest BCUT2D eigenvalue weighted by Crippen LogP contribution is 2.01. The first kappa shape index (κ1) is 12.6. The van der Waals surface area contributed by atoms with E-state index in [1.807, 2.05) is 0 Å². The summed E-state index contributed by atoms with van der Waals surface area (Å²) in [5.41, 5.74) is 7.37. The van der Waals surface area contributed by atoms with Gasteiger partial charge in [-0.05, 0) is 26.0 Å². The van der Waals surface area contributed by atoms with Crippen LogP contribution in [0.5, 0.6) is 0 Å². The van der Waals surface area contributed by atoms with Crippen LogP contribution in [0.25, 0.3) is 0 Å². The minimum atomic E-state index is 1.08. The average Bonchev–Trinajstić information content (AvgIpc) is 2.35. The van der Waals surface area contributed by atoms with Gasteiger partial charge >= 0.3 is 0 Å². The normalized spacial score (nSPS) is 9.67. The zero-order valence-corrected chi connectivity index (χ0v) is 11.5. The molecule has 2 aromatic carbocycles. The first-order valence-corrected chi connectivity index (χ1v) is 6.23. The highest BCUT2D eigenvalue weighted by molar-refractivity contribution is 6.33. The van der Waals surface area contributed by atoms with Gasteiger partial charge in [-0.15, -0.1) is 0 Å². The molecule has 2 rings (SSSR count). The third-order valence-corrected chi connectivity index (χ3v) is 3.36. The smallest absolute Gasteiger partial charge is 0.0849 e. The summed E-state index contributed by atoms with van der Waals surface area (Å²) in [7, 11) is 4.24. The fraction of sp³-hybridized carbons (Fsp3) is 0.125. The number of hydrogen-bond donors (Lipinski definition) is 0. The number of aryl methyl sites for hydroxylation is 2. The van der Waals surface area contributed by atoms with Gasteiger partial charge in [0, 0.05) is 11.1 Å². The van der Waals surface area contributed by atoms with Crippen molar-refractivity contribution in [2.75, 3.05) is 0 Å². The lowest BCUT2D eigenvalue weighted by atomic mass is 9.89. The fourth-order valence-electron chi connectivity index (χ4n) is 1.78. The standard InChI is InChI=1S/C16H16B2/c1-11-3-5-13(9-15(11)17)7-8-14-6-4-12(2)16(18)10-14/h3-6,9-10H,17-18H2,1-2H3. The molecule has 0 saturated heterocycles. The summed E-state index contributed by atoms with van der Waals surface area (Å²) in [5.74, 6) is 6.45. The monoisotopic (exact) mass is 230 g/mol. The van der Waals surface area contributed by atoms with Crippen LogP contribution >= 0.6 is 0 Å². The van der Waals surface area contributed by atoms with Crippen molar-refractivity contribution < 1.29 is 0 Å². The van der Waals surface area contributed by atoms with E-state index >= 15 is 0 Å². The fourth-order valence-corrected chi connectivity index (χ4v) is 1.78. The predicted octanol–water partition coefficient (Wildman–Crippen LogP) is 0.220. The Morgan fingerprint density at radius 1 is 0.722 bits per heavy atom. The molecular weight excluding hydrogens is 214 g/mol. The molecule has 86 valence electrons. The second kappa shape index (κ2) is 5.19. The topological polar surface area (TPSA) is 0 Å². The van der Waals surface area contributed by atoms with Crippen molar-refractivity contribution in [1.29, 1.82) is 0 Å². The van der Waals surface area contributed by atoms with Gasteiger partial charge in [0.25, 0.3) is 0 Å². The van der Waals surface area contributed by atoms with Crippen molar-refractivity contribution in [1.82, 2.24) is 0 Å². The predicted molar refractivity (Wildman–Crippen MR) is 84.7 cm³/mol. The molecule has 0 spiro atoms. The molecule has 0 bridgehead atoms. The molecule has 0 aromatic heterocycles.